The number of fused-ring (bicyclic) bond motifs is 1. The number of ether oxygens (including phenoxy) is 1. The smallest absolute Gasteiger partial charge is 0.250 e. The largest absolute Gasteiger partial charge is 0.373 e. The minimum atomic E-state index is -1.11. The van der Waals surface area contributed by atoms with Gasteiger partial charge in [-0.25, -0.2) is 0 Å². The Hall–Kier alpha value is -2.04. The highest BCUT2D eigenvalue weighted by molar-refractivity contribution is 6.33. The molecule has 4 nitrogen and oxygen atoms in total. The average molecular weight is 303 g/mol. The molecule has 1 unspecified atom stereocenters. The standard InChI is InChI=1S/C16H15ClN2O2/c17-13-7-3-4-8-14(13)19-16(15(18)20)10-21-9-11-5-1-2-6-12(11)16/h1-8,19H,9-10H2,(H2,18,20). The molecule has 2 aromatic rings. The van der Waals surface area contributed by atoms with Crippen molar-refractivity contribution in [2.24, 2.45) is 5.73 Å². The third-order valence-electron chi connectivity index (χ3n) is 3.70. The molecule has 0 saturated heterocycles. The van der Waals surface area contributed by atoms with Crippen molar-refractivity contribution in [3.05, 3.63) is 64.7 Å². The summed E-state index contributed by atoms with van der Waals surface area (Å²) in [5.74, 6) is -0.491. The molecule has 0 radical (unpaired) electrons. The van der Waals surface area contributed by atoms with Crippen molar-refractivity contribution >= 4 is 23.2 Å². The number of carbonyl (C=O) groups is 1. The van der Waals surface area contributed by atoms with E-state index in [1.165, 1.54) is 0 Å². The summed E-state index contributed by atoms with van der Waals surface area (Å²) in [6.45, 7) is 0.639. The minimum Gasteiger partial charge on any atom is -0.373 e. The number of amides is 1. The predicted molar refractivity (Wildman–Crippen MR) is 82.0 cm³/mol. The first kappa shape index (κ1) is 13.9. The highest BCUT2D eigenvalue weighted by atomic mass is 35.5. The molecule has 2 aromatic carbocycles. The van der Waals surface area contributed by atoms with E-state index < -0.39 is 11.4 Å². The van der Waals surface area contributed by atoms with Crippen LogP contribution in [0, 0.1) is 0 Å². The van der Waals surface area contributed by atoms with Crippen molar-refractivity contribution in [2.45, 2.75) is 12.1 Å². The molecular formula is C16H15ClN2O2. The SMILES string of the molecule is NC(=O)C1(Nc2ccccc2Cl)COCc2ccccc21. The lowest BCUT2D eigenvalue weighted by Gasteiger charge is -2.37. The van der Waals surface area contributed by atoms with Crippen LogP contribution in [0.25, 0.3) is 0 Å². The van der Waals surface area contributed by atoms with Crippen LogP contribution in [0.4, 0.5) is 5.69 Å². The second-order valence-corrected chi connectivity index (χ2v) is 5.43. The number of rotatable bonds is 3. The van der Waals surface area contributed by atoms with E-state index in [2.05, 4.69) is 5.32 Å². The third-order valence-corrected chi connectivity index (χ3v) is 4.03. The zero-order valence-electron chi connectivity index (χ0n) is 11.3. The Morgan fingerprint density at radius 1 is 1.19 bits per heavy atom. The molecule has 3 N–H and O–H groups in total. The minimum absolute atomic E-state index is 0.171. The van der Waals surface area contributed by atoms with Crippen LogP contribution in [0.2, 0.25) is 5.02 Å². The van der Waals surface area contributed by atoms with E-state index in [0.29, 0.717) is 17.3 Å². The zero-order valence-corrected chi connectivity index (χ0v) is 12.1. The molecule has 108 valence electrons. The topological polar surface area (TPSA) is 64.4 Å². The number of carbonyl (C=O) groups excluding carboxylic acids is 1. The van der Waals surface area contributed by atoms with Crippen LogP contribution >= 0.6 is 11.6 Å². The van der Waals surface area contributed by atoms with Gasteiger partial charge in [0.05, 0.1) is 23.9 Å². The van der Waals surface area contributed by atoms with E-state index in [9.17, 15) is 4.79 Å². The van der Waals surface area contributed by atoms with Crippen molar-refractivity contribution in [1.29, 1.82) is 0 Å². The fraction of sp³-hybridized carbons (Fsp3) is 0.188. The van der Waals surface area contributed by atoms with Gasteiger partial charge in [-0.05, 0) is 23.3 Å². The summed E-state index contributed by atoms with van der Waals surface area (Å²) in [7, 11) is 0. The fourth-order valence-corrected chi connectivity index (χ4v) is 2.80. The van der Waals surface area contributed by atoms with Crippen LogP contribution in [0.15, 0.2) is 48.5 Å². The lowest BCUT2D eigenvalue weighted by Crippen LogP contribution is -2.53. The molecule has 0 aliphatic carbocycles. The second kappa shape index (κ2) is 5.39. The summed E-state index contributed by atoms with van der Waals surface area (Å²) in [5.41, 5.74) is 7.01. The molecule has 1 aliphatic rings. The molecule has 5 heteroatoms. The molecule has 3 rings (SSSR count). The summed E-state index contributed by atoms with van der Waals surface area (Å²) in [5, 5.41) is 3.72. The Morgan fingerprint density at radius 3 is 2.67 bits per heavy atom. The molecule has 0 bridgehead atoms. The van der Waals surface area contributed by atoms with Gasteiger partial charge in [-0.2, -0.15) is 0 Å². The Labute approximate surface area is 127 Å². The van der Waals surface area contributed by atoms with Crippen LogP contribution in [0.5, 0.6) is 0 Å². The fourth-order valence-electron chi connectivity index (χ4n) is 2.62. The number of halogens is 1. The van der Waals surface area contributed by atoms with E-state index in [1.54, 1.807) is 6.07 Å². The van der Waals surface area contributed by atoms with Gasteiger partial charge < -0.3 is 15.8 Å². The molecule has 1 aliphatic heterocycles. The molecule has 1 amide bonds. The Morgan fingerprint density at radius 2 is 1.90 bits per heavy atom. The Kier molecular flexibility index (Phi) is 3.57. The van der Waals surface area contributed by atoms with Crippen LogP contribution in [0.1, 0.15) is 11.1 Å². The molecule has 1 atom stereocenters. The van der Waals surface area contributed by atoms with Crippen molar-refractivity contribution in [1.82, 2.24) is 0 Å². The van der Waals surface area contributed by atoms with Gasteiger partial charge >= 0.3 is 0 Å². The molecule has 21 heavy (non-hydrogen) atoms. The van der Waals surface area contributed by atoms with Gasteiger partial charge in [-0.3, -0.25) is 4.79 Å². The Balaban J connectivity index is 2.11. The number of nitrogens with one attached hydrogen (secondary N) is 1. The van der Waals surface area contributed by atoms with Gasteiger partial charge in [0.2, 0.25) is 5.91 Å². The first-order chi connectivity index (χ1) is 10.1. The summed E-state index contributed by atoms with van der Waals surface area (Å²) in [6.07, 6.45) is 0. The highest BCUT2D eigenvalue weighted by Crippen LogP contribution is 2.35. The lowest BCUT2D eigenvalue weighted by molar-refractivity contribution is -0.125. The monoisotopic (exact) mass is 302 g/mol. The first-order valence-electron chi connectivity index (χ1n) is 6.62. The molecular weight excluding hydrogens is 288 g/mol. The molecule has 0 fully saturated rings. The predicted octanol–water partition coefficient (Wildman–Crippen LogP) is 2.66. The maximum absolute atomic E-state index is 12.2. The second-order valence-electron chi connectivity index (χ2n) is 5.02. The number of anilines is 1. The number of hydrogen-bond acceptors (Lipinski definition) is 3. The zero-order chi connectivity index (χ0) is 14.9. The first-order valence-corrected chi connectivity index (χ1v) is 7.00. The number of primary amides is 1. The van der Waals surface area contributed by atoms with Gasteiger partial charge in [0, 0.05) is 0 Å². The van der Waals surface area contributed by atoms with Crippen LogP contribution in [-0.4, -0.2) is 12.5 Å². The number of para-hydroxylation sites is 1. The van der Waals surface area contributed by atoms with Gasteiger partial charge in [0.1, 0.15) is 0 Å². The number of benzene rings is 2. The van der Waals surface area contributed by atoms with Crippen molar-refractivity contribution in [3.8, 4) is 0 Å². The maximum atomic E-state index is 12.2. The van der Waals surface area contributed by atoms with Crippen LogP contribution < -0.4 is 11.1 Å². The summed E-state index contributed by atoms with van der Waals surface area (Å²) in [6, 6.07) is 14.9. The highest BCUT2D eigenvalue weighted by Gasteiger charge is 2.43. The van der Waals surface area contributed by atoms with Gasteiger partial charge in [0.15, 0.2) is 5.54 Å². The van der Waals surface area contributed by atoms with Crippen molar-refractivity contribution < 1.29 is 9.53 Å². The van der Waals surface area contributed by atoms with E-state index in [0.717, 1.165) is 11.1 Å². The van der Waals surface area contributed by atoms with Crippen LogP contribution in [0.3, 0.4) is 0 Å². The van der Waals surface area contributed by atoms with Gasteiger partial charge in [-0.15, -0.1) is 0 Å². The van der Waals surface area contributed by atoms with Crippen LogP contribution in [-0.2, 0) is 21.7 Å². The maximum Gasteiger partial charge on any atom is 0.250 e. The normalized spacial score (nSPS) is 20.6. The van der Waals surface area contributed by atoms with Gasteiger partial charge in [-0.1, -0.05) is 48.0 Å². The van der Waals surface area contributed by atoms with Crippen molar-refractivity contribution in [2.75, 3.05) is 11.9 Å². The van der Waals surface area contributed by atoms with Crippen molar-refractivity contribution in [3.63, 3.8) is 0 Å². The molecule has 0 saturated carbocycles. The molecule has 0 spiro atoms. The third kappa shape index (κ3) is 2.37. The Bertz CT molecular complexity index is 689. The molecule has 1 heterocycles. The van der Waals surface area contributed by atoms with E-state index in [1.807, 2.05) is 42.5 Å². The summed E-state index contributed by atoms with van der Waals surface area (Å²) >= 11 is 6.18. The van der Waals surface area contributed by atoms with E-state index in [-0.39, 0.29) is 6.61 Å². The number of hydrogen-bond donors (Lipinski definition) is 2. The summed E-state index contributed by atoms with van der Waals surface area (Å²) in [4.78, 5) is 12.2. The average Bonchev–Trinajstić information content (AvgIpc) is 2.49. The van der Waals surface area contributed by atoms with E-state index in [4.69, 9.17) is 22.1 Å². The molecule has 0 aromatic heterocycles. The number of nitrogens with two attached hydrogens (primary N) is 1. The van der Waals surface area contributed by atoms with Gasteiger partial charge in [0.25, 0.3) is 0 Å². The summed E-state index contributed by atoms with van der Waals surface area (Å²) < 4.78 is 5.58. The quantitative estimate of drug-likeness (QED) is 0.916. The lowest BCUT2D eigenvalue weighted by atomic mass is 9.84. The van der Waals surface area contributed by atoms with E-state index >= 15 is 0 Å².